The minimum Gasteiger partial charge on any atom is -0.494 e. The Kier molecular flexibility index (Phi) is 3.00. The third-order valence-electron chi connectivity index (χ3n) is 3.78. The van der Waals surface area contributed by atoms with Gasteiger partial charge in [-0.1, -0.05) is 12.1 Å². The van der Waals surface area contributed by atoms with E-state index in [1.807, 2.05) is 37.5 Å². The van der Waals surface area contributed by atoms with E-state index in [2.05, 4.69) is 33.2 Å². The molecule has 2 aromatic carbocycles. The van der Waals surface area contributed by atoms with Crippen molar-refractivity contribution in [2.75, 3.05) is 6.61 Å². The maximum absolute atomic E-state index is 5.61. The Morgan fingerprint density at radius 2 is 2.09 bits per heavy atom. The Bertz CT molecular complexity index is 959. The standard InChI is InChI=1S/C18H15N3O/c1-2-22-13-5-3-4-12(8-13)15-9-17-16(10-19-11-21-17)14-6-7-20-18(14)15/h3-11H,2H2,1H3,(H,19,21). The van der Waals surface area contributed by atoms with Crippen molar-refractivity contribution in [2.45, 2.75) is 6.92 Å². The Labute approximate surface area is 127 Å². The first-order valence-electron chi connectivity index (χ1n) is 7.30. The molecule has 0 amide bonds. The quantitative estimate of drug-likeness (QED) is 0.615. The van der Waals surface area contributed by atoms with Crippen LogP contribution in [0.15, 0.2) is 55.1 Å². The summed E-state index contributed by atoms with van der Waals surface area (Å²) in [6.45, 7) is 2.65. The van der Waals surface area contributed by atoms with Crippen molar-refractivity contribution in [3.05, 3.63) is 55.1 Å². The molecule has 4 rings (SSSR count). The molecular formula is C18H15N3O. The van der Waals surface area contributed by atoms with Crippen LogP contribution in [0.3, 0.4) is 0 Å². The Hall–Kier alpha value is -2.88. The molecule has 4 aromatic rings. The normalized spacial score (nSPS) is 11.1. The molecule has 0 saturated carbocycles. The average Bonchev–Trinajstić information content (AvgIpc) is 3.04. The van der Waals surface area contributed by atoms with E-state index in [9.17, 15) is 0 Å². The van der Waals surface area contributed by atoms with E-state index < -0.39 is 0 Å². The molecule has 4 nitrogen and oxygen atoms in total. The van der Waals surface area contributed by atoms with Gasteiger partial charge in [0.15, 0.2) is 0 Å². The lowest BCUT2D eigenvalue weighted by molar-refractivity contribution is 0.340. The SMILES string of the molecule is CCOc1cccc(-c2cc3[nH]cncc3c3ccnc23)c1. The van der Waals surface area contributed by atoms with E-state index in [4.69, 9.17) is 4.74 Å². The number of aromatic amines is 1. The molecule has 0 radical (unpaired) electrons. The summed E-state index contributed by atoms with van der Waals surface area (Å²) in [7, 11) is 0. The summed E-state index contributed by atoms with van der Waals surface area (Å²) in [5, 5.41) is 2.19. The van der Waals surface area contributed by atoms with Crippen LogP contribution in [0, 0.1) is 0 Å². The predicted molar refractivity (Wildman–Crippen MR) is 88.0 cm³/mol. The summed E-state index contributed by atoms with van der Waals surface area (Å²) in [5.74, 6) is 0.874. The van der Waals surface area contributed by atoms with Crippen molar-refractivity contribution in [2.24, 2.45) is 0 Å². The van der Waals surface area contributed by atoms with Crippen LogP contribution in [0.1, 0.15) is 6.92 Å². The number of fused-ring (bicyclic) bond motifs is 3. The van der Waals surface area contributed by atoms with Gasteiger partial charge in [-0.25, -0.2) is 4.98 Å². The first kappa shape index (κ1) is 12.8. The summed E-state index contributed by atoms with van der Waals surface area (Å²) in [5.41, 5.74) is 4.23. The molecule has 0 aliphatic heterocycles. The largest absolute Gasteiger partial charge is 0.494 e. The summed E-state index contributed by atoms with van der Waals surface area (Å²) in [6, 6.07) is 12.3. The lowest BCUT2D eigenvalue weighted by atomic mass is 10.0. The number of H-pyrrole nitrogens is 1. The number of benzene rings is 2. The molecule has 2 heterocycles. The Balaban J connectivity index is 2.00. The van der Waals surface area contributed by atoms with Gasteiger partial charge >= 0.3 is 0 Å². The predicted octanol–water partition coefficient (Wildman–Crippen LogP) is 4.18. The van der Waals surface area contributed by atoms with Gasteiger partial charge in [0.25, 0.3) is 0 Å². The highest BCUT2D eigenvalue weighted by Gasteiger charge is 2.11. The zero-order valence-electron chi connectivity index (χ0n) is 12.2. The van der Waals surface area contributed by atoms with Gasteiger partial charge in [0.2, 0.25) is 0 Å². The van der Waals surface area contributed by atoms with Gasteiger partial charge in [-0.3, -0.25) is 4.98 Å². The number of ether oxygens (including phenoxy) is 1. The Morgan fingerprint density at radius 1 is 1.14 bits per heavy atom. The summed E-state index contributed by atoms with van der Waals surface area (Å²) in [4.78, 5) is 11.9. The van der Waals surface area contributed by atoms with Crippen molar-refractivity contribution in [3.8, 4) is 16.9 Å². The zero-order chi connectivity index (χ0) is 14.9. The van der Waals surface area contributed by atoms with Crippen molar-refractivity contribution in [1.29, 1.82) is 0 Å². The van der Waals surface area contributed by atoms with E-state index >= 15 is 0 Å². The molecule has 108 valence electrons. The van der Waals surface area contributed by atoms with Gasteiger partial charge in [0, 0.05) is 34.2 Å². The van der Waals surface area contributed by atoms with Crippen molar-refractivity contribution in [1.82, 2.24) is 15.0 Å². The molecular weight excluding hydrogens is 274 g/mol. The van der Waals surface area contributed by atoms with Gasteiger partial charge in [0.05, 0.1) is 18.5 Å². The minimum atomic E-state index is 0.657. The fraction of sp³-hybridized carbons (Fsp3) is 0.111. The summed E-state index contributed by atoms with van der Waals surface area (Å²) in [6.07, 6.45) is 5.41. The van der Waals surface area contributed by atoms with E-state index in [-0.39, 0.29) is 0 Å². The van der Waals surface area contributed by atoms with Gasteiger partial charge in [-0.2, -0.15) is 0 Å². The average molecular weight is 289 g/mol. The first-order valence-corrected chi connectivity index (χ1v) is 7.30. The second-order valence-corrected chi connectivity index (χ2v) is 5.10. The molecule has 0 bridgehead atoms. The van der Waals surface area contributed by atoms with E-state index in [1.165, 1.54) is 0 Å². The molecule has 1 N–H and O–H groups in total. The lowest BCUT2D eigenvalue weighted by Gasteiger charge is -2.09. The van der Waals surface area contributed by atoms with Crippen LogP contribution >= 0.6 is 0 Å². The van der Waals surface area contributed by atoms with Crippen LogP contribution in [0.4, 0.5) is 0 Å². The fourth-order valence-electron chi connectivity index (χ4n) is 2.82. The Morgan fingerprint density at radius 3 is 3.00 bits per heavy atom. The highest BCUT2D eigenvalue weighted by molar-refractivity contribution is 6.11. The van der Waals surface area contributed by atoms with E-state index in [0.717, 1.165) is 38.7 Å². The lowest BCUT2D eigenvalue weighted by Crippen LogP contribution is -1.92. The minimum absolute atomic E-state index is 0.657. The van der Waals surface area contributed by atoms with Crippen LogP contribution in [-0.4, -0.2) is 21.6 Å². The van der Waals surface area contributed by atoms with Crippen LogP contribution in [-0.2, 0) is 0 Å². The number of hydrogen-bond acceptors (Lipinski definition) is 3. The number of aromatic nitrogens is 3. The molecule has 0 unspecified atom stereocenters. The maximum atomic E-state index is 5.61. The number of rotatable bonds is 3. The molecule has 4 heteroatoms. The second kappa shape index (κ2) is 5.15. The molecule has 0 aliphatic carbocycles. The topological polar surface area (TPSA) is 50.8 Å². The summed E-state index contributed by atoms with van der Waals surface area (Å²) >= 11 is 0. The number of hydrogen-bond donors (Lipinski definition) is 1. The van der Waals surface area contributed by atoms with Gasteiger partial charge in [-0.15, -0.1) is 0 Å². The van der Waals surface area contributed by atoms with Crippen LogP contribution in [0.25, 0.3) is 32.9 Å². The molecule has 0 spiro atoms. The third kappa shape index (κ3) is 2.00. The fourth-order valence-corrected chi connectivity index (χ4v) is 2.82. The summed E-state index contributed by atoms with van der Waals surface area (Å²) < 4.78 is 5.61. The van der Waals surface area contributed by atoms with Crippen LogP contribution in [0.5, 0.6) is 5.75 Å². The second-order valence-electron chi connectivity index (χ2n) is 5.10. The van der Waals surface area contributed by atoms with Gasteiger partial charge in [0.1, 0.15) is 5.75 Å². The zero-order valence-corrected chi connectivity index (χ0v) is 12.2. The first-order chi connectivity index (χ1) is 10.9. The van der Waals surface area contributed by atoms with E-state index in [0.29, 0.717) is 6.61 Å². The molecule has 22 heavy (non-hydrogen) atoms. The molecule has 0 aliphatic rings. The van der Waals surface area contributed by atoms with E-state index in [1.54, 1.807) is 6.33 Å². The number of nitrogens with zero attached hydrogens (tertiary/aromatic N) is 2. The van der Waals surface area contributed by atoms with Gasteiger partial charge in [-0.05, 0) is 36.8 Å². The van der Waals surface area contributed by atoms with Crippen molar-refractivity contribution < 1.29 is 4.74 Å². The van der Waals surface area contributed by atoms with Crippen molar-refractivity contribution >= 4 is 21.8 Å². The monoisotopic (exact) mass is 289 g/mol. The molecule has 0 saturated heterocycles. The highest BCUT2D eigenvalue weighted by atomic mass is 16.5. The maximum Gasteiger partial charge on any atom is 0.119 e. The molecule has 2 aromatic heterocycles. The van der Waals surface area contributed by atoms with Crippen molar-refractivity contribution in [3.63, 3.8) is 0 Å². The van der Waals surface area contributed by atoms with Crippen LogP contribution < -0.4 is 4.74 Å². The molecule has 0 atom stereocenters. The van der Waals surface area contributed by atoms with Gasteiger partial charge < -0.3 is 9.72 Å². The highest BCUT2D eigenvalue weighted by Crippen LogP contribution is 2.34. The molecule has 0 fully saturated rings. The third-order valence-corrected chi connectivity index (χ3v) is 3.78. The number of nitrogens with one attached hydrogen (secondary N) is 1. The smallest absolute Gasteiger partial charge is 0.119 e. The van der Waals surface area contributed by atoms with Crippen LogP contribution in [0.2, 0.25) is 0 Å².